The SMILES string of the molecule is CC(C)(C)OC(=O)N[C@@H](Cn1nc(C#C[Si](C)(C)C)c2c(N)ncnc21)C(=O)OC(C)(C)C. The number of hydrogen-bond donors (Lipinski definition) is 2. The largest absolute Gasteiger partial charge is 0.458 e. The Morgan fingerprint density at radius 1 is 1.12 bits per heavy atom. The number of nitrogens with one attached hydrogen (secondary N) is 1. The van der Waals surface area contributed by atoms with Crippen LogP contribution in [0.4, 0.5) is 10.6 Å². The standard InChI is InChI=1S/C22H34N6O4Si/c1-21(2,3)31-19(29)15(26-20(30)32-22(4,5)6)12-28-18-16(17(23)24-13-25-18)14(27-28)10-11-33(7,8)9/h13,15H,12H2,1-9H3,(H,26,30)(H2,23,24,25)/t15-/m0/s1. The van der Waals surface area contributed by atoms with Crippen molar-refractivity contribution < 1.29 is 19.1 Å². The molecule has 0 spiro atoms. The van der Waals surface area contributed by atoms with Crippen LogP contribution in [0.2, 0.25) is 19.6 Å². The Kier molecular flexibility index (Phi) is 7.43. The average molecular weight is 475 g/mol. The first kappa shape index (κ1) is 26.1. The molecule has 0 bridgehead atoms. The zero-order valence-electron chi connectivity index (χ0n) is 20.9. The number of amides is 1. The molecule has 0 fully saturated rings. The van der Waals surface area contributed by atoms with E-state index in [9.17, 15) is 9.59 Å². The molecule has 33 heavy (non-hydrogen) atoms. The zero-order chi connectivity index (χ0) is 25.2. The predicted molar refractivity (Wildman–Crippen MR) is 129 cm³/mol. The van der Waals surface area contributed by atoms with Crippen molar-refractivity contribution in [1.82, 2.24) is 25.1 Å². The van der Waals surface area contributed by atoms with Crippen LogP contribution in [-0.2, 0) is 20.8 Å². The molecule has 0 aromatic carbocycles. The van der Waals surface area contributed by atoms with Crippen LogP contribution < -0.4 is 11.1 Å². The quantitative estimate of drug-likeness (QED) is 0.392. The number of alkyl carbamates (subject to hydrolysis) is 1. The van der Waals surface area contributed by atoms with Crippen LogP contribution in [-0.4, -0.2) is 57.1 Å². The van der Waals surface area contributed by atoms with Gasteiger partial charge in [0, 0.05) is 0 Å². The second-order valence-corrected chi connectivity index (χ2v) is 15.5. The smallest absolute Gasteiger partial charge is 0.408 e. The number of anilines is 1. The van der Waals surface area contributed by atoms with Gasteiger partial charge in [-0.3, -0.25) is 0 Å². The Bertz CT molecular complexity index is 1100. The maximum absolute atomic E-state index is 12.9. The van der Waals surface area contributed by atoms with Crippen molar-refractivity contribution in [2.75, 3.05) is 5.73 Å². The number of rotatable bonds is 4. The van der Waals surface area contributed by atoms with Crippen molar-refractivity contribution in [3.63, 3.8) is 0 Å². The number of aromatic nitrogens is 4. The van der Waals surface area contributed by atoms with Gasteiger partial charge in [-0.2, -0.15) is 5.10 Å². The fraction of sp³-hybridized carbons (Fsp3) is 0.591. The number of nitrogens with two attached hydrogens (primary N) is 1. The Morgan fingerprint density at radius 3 is 2.27 bits per heavy atom. The third kappa shape index (κ3) is 8.05. The summed E-state index contributed by atoms with van der Waals surface area (Å²) in [5.41, 5.74) is 8.69. The Morgan fingerprint density at radius 2 is 1.73 bits per heavy atom. The van der Waals surface area contributed by atoms with E-state index in [-0.39, 0.29) is 12.4 Å². The van der Waals surface area contributed by atoms with Crippen LogP contribution >= 0.6 is 0 Å². The third-order valence-electron chi connectivity index (χ3n) is 3.85. The highest BCUT2D eigenvalue weighted by atomic mass is 28.3. The zero-order valence-corrected chi connectivity index (χ0v) is 21.9. The summed E-state index contributed by atoms with van der Waals surface area (Å²) in [6.45, 7) is 16.7. The van der Waals surface area contributed by atoms with Crippen molar-refractivity contribution in [3.8, 4) is 11.5 Å². The lowest BCUT2D eigenvalue weighted by molar-refractivity contribution is -0.157. The van der Waals surface area contributed by atoms with E-state index in [1.54, 1.807) is 41.5 Å². The number of carbonyl (C=O) groups excluding carboxylic acids is 2. The number of esters is 1. The molecule has 3 N–H and O–H groups in total. The molecule has 0 saturated carbocycles. The number of fused-ring (bicyclic) bond motifs is 1. The second-order valence-electron chi connectivity index (χ2n) is 10.7. The fourth-order valence-corrected chi connectivity index (χ4v) is 3.16. The topological polar surface area (TPSA) is 134 Å². The van der Waals surface area contributed by atoms with Gasteiger partial charge in [0.2, 0.25) is 0 Å². The first-order chi connectivity index (χ1) is 15.0. The van der Waals surface area contributed by atoms with Gasteiger partial charge in [0.1, 0.15) is 43.2 Å². The molecule has 0 saturated heterocycles. The van der Waals surface area contributed by atoms with E-state index in [4.69, 9.17) is 15.2 Å². The molecule has 0 aliphatic heterocycles. The maximum atomic E-state index is 12.9. The number of nitrogen functional groups attached to an aromatic ring is 1. The number of hydrogen-bond acceptors (Lipinski definition) is 8. The summed E-state index contributed by atoms with van der Waals surface area (Å²) in [4.78, 5) is 33.7. The van der Waals surface area contributed by atoms with Gasteiger partial charge < -0.3 is 20.5 Å². The van der Waals surface area contributed by atoms with Gasteiger partial charge in [0.15, 0.2) is 5.65 Å². The van der Waals surface area contributed by atoms with Gasteiger partial charge >= 0.3 is 12.1 Å². The molecule has 2 heterocycles. The molecule has 1 atom stereocenters. The highest BCUT2D eigenvalue weighted by molar-refractivity contribution is 6.83. The summed E-state index contributed by atoms with van der Waals surface area (Å²) in [5.74, 6) is 2.70. The van der Waals surface area contributed by atoms with Crippen LogP contribution in [0, 0.1) is 11.5 Å². The number of nitrogens with zero attached hydrogens (tertiary/aromatic N) is 4. The first-order valence-electron chi connectivity index (χ1n) is 10.7. The molecule has 0 aliphatic carbocycles. The van der Waals surface area contributed by atoms with Crippen LogP contribution in [0.15, 0.2) is 6.33 Å². The van der Waals surface area contributed by atoms with E-state index < -0.39 is 37.4 Å². The minimum absolute atomic E-state index is 0.0598. The van der Waals surface area contributed by atoms with Crippen molar-refractivity contribution in [2.24, 2.45) is 0 Å². The highest BCUT2D eigenvalue weighted by Crippen LogP contribution is 2.21. The normalized spacial score (nSPS) is 13.1. The second kappa shape index (κ2) is 9.39. The van der Waals surface area contributed by atoms with Gasteiger partial charge in [0.05, 0.1) is 11.9 Å². The minimum Gasteiger partial charge on any atom is -0.458 e. The summed E-state index contributed by atoms with van der Waals surface area (Å²) < 4.78 is 12.3. The molecule has 0 radical (unpaired) electrons. The van der Waals surface area contributed by atoms with Gasteiger partial charge in [-0.15, -0.1) is 5.54 Å². The van der Waals surface area contributed by atoms with Gasteiger partial charge in [-0.25, -0.2) is 24.2 Å². The van der Waals surface area contributed by atoms with Crippen molar-refractivity contribution in [1.29, 1.82) is 0 Å². The predicted octanol–water partition coefficient (Wildman–Crippen LogP) is 2.87. The fourth-order valence-electron chi connectivity index (χ4n) is 2.67. The average Bonchev–Trinajstić information content (AvgIpc) is 2.95. The van der Waals surface area contributed by atoms with Crippen LogP contribution in [0.25, 0.3) is 11.0 Å². The van der Waals surface area contributed by atoms with Gasteiger partial charge in [-0.05, 0) is 41.5 Å². The molecule has 11 heteroatoms. The molecule has 180 valence electrons. The molecular weight excluding hydrogens is 440 g/mol. The van der Waals surface area contributed by atoms with E-state index in [0.29, 0.717) is 16.7 Å². The molecular formula is C22H34N6O4Si. The molecule has 0 unspecified atom stereocenters. The number of carbonyl (C=O) groups is 2. The summed E-state index contributed by atoms with van der Waals surface area (Å²) in [5, 5.41) is 7.63. The maximum Gasteiger partial charge on any atom is 0.408 e. The van der Waals surface area contributed by atoms with Crippen molar-refractivity contribution in [3.05, 3.63) is 12.0 Å². The van der Waals surface area contributed by atoms with Crippen LogP contribution in [0.3, 0.4) is 0 Å². The van der Waals surface area contributed by atoms with Crippen molar-refractivity contribution >= 4 is 37.0 Å². The van der Waals surface area contributed by atoms with Crippen molar-refractivity contribution in [2.45, 2.75) is 85.0 Å². The summed E-state index contributed by atoms with van der Waals surface area (Å²) >= 11 is 0. The van der Waals surface area contributed by atoms with E-state index in [1.807, 2.05) is 0 Å². The lowest BCUT2D eigenvalue weighted by Crippen LogP contribution is -2.48. The molecule has 2 aromatic rings. The molecule has 0 aliphatic rings. The van der Waals surface area contributed by atoms with Crippen LogP contribution in [0.5, 0.6) is 0 Å². The Balaban J connectivity index is 2.49. The Labute approximate surface area is 195 Å². The molecule has 1 amide bonds. The lowest BCUT2D eigenvalue weighted by Gasteiger charge is -2.26. The highest BCUT2D eigenvalue weighted by Gasteiger charge is 2.30. The van der Waals surface area contributed by atoms with Gasteiger partial charge in [-0.1, -0.05) is 25.6 Å². The summed E-state index contributed by atoms with van der Waals surface area (Å²) in [6, 6.07) is -1.09. The van der Waals surface area contributed by atoms with E-state index in [0.717, 1.165) is 0 Å². The lowest BCUT2D eigenvalue weighted by atomic mass is 10.2. The van der Waals surface area contributed by atoms with E-state index in [2.05, 4.69) is 51.5 Å². The first-order valence-corrected chi connectivity index (χ1v) is 14.2. The third-order valence-corrected chi connectivity index (χ3v) is 4.73. The number of ether oxygens (including phenoxy) is 2. The molecule has 2 rings (SSSR count). The molecule has 2 aromatic heterocycles. The van der Waals surface area contributed by atoms with E-state index >= 15 is 0 Å². The summed E-state index contributed by atoms with van der Waals surface area (Å²) in [6.07, 6.45) is 0.567. The van der Waals surface area contributed by atoms with E-state index in [1.165, 1.54) is 11.0 Å². The monoisotopic (exact) mass is 474 g/mol. The summed E-state index contributed by atoms with van der Waals surface area (Å²) in [7, 11) is -1.70. The Hall–Kier alpha value is -3.13. The van der Waals surface area contributed by atoms with Gasteiger partial charge in [0.25, 0.3) is 0 Å². The molecule has 10 nitrogen and oxygen atoms in total. The van der Waals surface area contributed by atoms with Crippen LogP contribution in [0.1, 0.15) is 47.2 Å². The minimum atomic E-state index is -1.70.